The summed E-state index contributed by atoms with van der Waals surface area (Å²) < 4.78 is 10.8. The average Bonchev–Trinajstić information content (AvgIpc) is 3.25. The van der Waals surface area contributed by atoms with Crippen molar-refractivity contribution in [1.82, 2.24) is 4.98 Å². The molecule has 1 amide bonds. The molecule has 0 atom stereocenters. The maximum Gasteiger partial charge on any atom is 0.326 e. The van der Waals surface area contributed by atoms with E-state index < -0.39 is 5.97 Å². The molecule has 0 fully saturated rings. The average molecular weight is 423 g/mol. The molecule has 1 aliphatic rings. The Balaban J connectivity index is 1.60. The van der Waals surface area contributed by atoms with E-state index in [1.165, 1.54) is 4.90 Å². The molecule has 7 heteroatoms. The van der Waals surface area contributed by atoms with Gasteiger partial charge in [-0.05, 0) is 24.1 Å². The lowest BCUT2D eigenvalue weighted by Gasteiger charge is -2.29. The first-order valence-corrected chi connectivity index (χ1v) is 10.6. The van der Waals surface area contributed by atoms with E-state index in [0.717, 1.165) is 21.8 Å². The Bertz CT molecular complexity index is 1060. The first kappa shape index (κ1) is 20.1. The molecular formula is C23H22N2O4S. The van der Waals surface area contributed by atoms with Crippen molar-refractivity contribution in [2.45, 2.75) is 13.8 Å². The normalized spacial score (nSPS) is 13.2. The molecule has 0 bridgehead atoms. The third kappa shape index (κ3) is 4.36. The van der Waals surface area contributed by atoms with Gasteiger partial charge >= 0.3 is 5.97 Å². The molecule has 2 heterocycles. The van der Waals surface area contributed by atoms with E-state index in [1.807, 2.05) is 67.8 Å². The highest BCUT2D eigenvalue weighted by atomic mass is 32.1. The second kappa shape index (κ2) is 8.67. The molecule has 0 saturated heterocycles. The van der Waals surface area contributed by atoms with Crippen LogP contribution in [-0.4, -0.2) is 36.6 Å². The number of rotatable bonds is 6. The lowest BCUT2D eigenvalue weighted by molar-refractivity contribution is -0.144. The number of amides is 1. The smallest absolute Gasteiger partial charge is 0.326 e. The van der Waals surface area contributed by atoms with Gasteiger partial charge in [0.2, 0.25) is 0 Å². The Morgan fingerprint density at radius 3 is 2.77 bits per heavy atom. The molecule has 1 aromatic heterocycles. The minimum Gasteiger partial charge on any atom is -0.482 e. The fourth-order valence-electron chi connectivity index (χ4n) is 3.09. The van der Waals surface area contributed by atoms with Crippen molar-refractivity contribution < 1.29 is 19.1 Å². The van der Waals surface area contributed by atoms with Gasteiger partial charge in [-0.2, -0.15) is 0 Å². The molecule has 4 rings (SSSR count). The molecule has 0 saturated carbocycles. The molecule has 0 aliphatic carbocycles. The summed E-state index contributed by atoms with van der Waals surface area (Å²) in [6, 6.07) is 15.5. The molecule has 3 aromatic rings. The van der Waals surface area contributed by atoms with Crippen LogP contribution in [-0.2, 0) is 14.3 Å². The second-order valence-corrected chi connectivity index (χ2v) is 8.29. The fourth-order valence-corrected chi connectivity index (χ4v) is 3.92. The SMILES string of the molecule is CC(C)COC(=O)CN1C(=O)COc2ccc(-c3csc(-c4ccccc4)n3)cc21. The van der Waals surface area contributed by atoms with Crippen LogP contribution in [0.1, 0.15) is 13.8 Å². The van der Waals surface area contributed by atoms with Crippen molar-refractivity contribution in [1.29, 1.82) is 0 Å². The van der Waals surface area contributed by atoms with Gasteiger partial charge in [0.1, 0.15) is 17.3 Å². The van der Waals surface area contributed by atoms with Crippen LogP contribution in [0.15, 0.2) is 53.9 Å². The van der Waals surface area contributed by atoms with Gasteiger partial charge in [-0.3, -0.25) is 14.5 Å². The third-order valence-corrected chi connectivity index (χ3v) is 5.48. The molecule has 154 valence electrons. The number of hydrogen-bond acceptors (Lipinski definition) is 6. The lowest BCUT2D eigenvalue weighted by Crippen LogP contribution is -2.42. The van der Waals surface area contributed by atoms with Crippen LogP contribution in [0, 0.1) is 5.92 Å². The Morgan fingerprint density at radius 1 is 1.20 bits per heavy atom. The van der Waals surface area contributed by atoms with Gasteiger partial charge in [-0.1, -0.05) is 44.2 Å². The summed E-state index contributed by atoms with van der Waals surface area (Å²) >= 11 is 1.56. The van der Waals surface area contributed by atoms with Gasteiger partial charge in [0.15, 0.2) is 6.61 Å². The van der Waals surface area contributed by atoms with E-state index >= 15 is 0 Å². The van der Waals surface area contributed by atoms with Crippen molar-refractivity contribution in [3.8, 4) is 27.6 Å². The van der Waals surface area contributed by atoms with Crippen LogP contribution in [0.25, 0.3) is 21.8 Å². The summed E-state index contributed by atoms with van der Waals surface area (Å²) in [6.07, 6.45) is 0. The summed E-state index contributed by atoms with van der Waals surface area (Å²) in [7, 11) is 0. The second-order valence-electron chi connectivity index (χ2n) is 7.43. The Kier molecular flexibility index (Phi) is 5.81. The largest absolute Gasteiger partial charge is 0.482 e. The number of benzene rings is 2. The molecule has 1 aliphatic heterocycles. The molecule has 6 nitrogen and oxygen atoms in total. The number of aromatic nitrogens is 1. The standard InChI is InChI=1S/C23H22N2O4S/c1-15(2)12-29-22(27)11-25-19-10-17(8-9-20(19)28-13-21(25)26)18-14-30-23(24-18)16-6-4-3-5-7-16/h3-10,14-15H,11-13H2,1-2H3. The first-order chi connectivity index (χ1) is 14.5. The predicted octanol–water partition coefficient (Wildman–Crippen LogP) is 4.40. The van der Waals surface area contributed by atoms with Crippen LogP contribution >= 0.6 is 11.3 Å². The zero-order valence-corrected chi connectivity index (χ0v) is 17.6. The predicted molar refractivity (Wildman–Crippen MR) is 117 cm³/mol. The molecule has 0 N–H and O–H groups in total. The Hall–Kier alpha value is -3.19. The number of fused-ring (bicyclic) bond motifs is 1. The van der Waals surface area contributed by atoms with Crippen molar-refractivity contribution in [3.05, 3.63) is 53.9 Å². The van der Waals surface area contributed by atoms with Crippen molar-refractivity contribution in [3.63, 3.8) is 0 Å². The maximum atomic E-state index is 12.4. The van der Waals surface area contributed by atoms with E-state index in [4.69, 9.17) is 14.5 Å². The minimum atomic E-state index is -0.435. The van der Waals surface area contributed by atoms with Crippen molar-refractivity contribution in [2.75, 3.05) is 24.7 Å². The number of nitrogens with zero attached hydrogens (tertiary/aromatic N) is 2. The molecule has 0 unspecified atom stereocenters. The summed E-state index contributed by atoms with van der Waals surface area (Å²) in [5.74, 6) is 0.0879. The quantitative estimate of drug-likeness (QED) is 0.551. The van der Waals surface area contributed by atoms with Gasteiger partial charge < -0.3 is 9.47 Å². The number of hydrogen-bond donors (Lipinski definition) is 0. The summed E-state index contributed by atoms with van der Waals surface area (Å²) in [6.45, 7) is 4.01. The van der Waals surface area contributed by atoms with E-state index in [0.29, 0.717) is 18.0 Å². The van der Waals surface area contributed by atoms with Crippen LogP contribution in [0.3, 0.4) is 0 Å². The summed E-state index contributed by atoms with van der Waals surface area (Å²) in [5.41, 5.74) is 3.27. The van der Waals surface area contributed by atoms with Gasteiger partial charge in [0.25, 0.3) is 5.91 Å². The van der Waals surface area contributed by atoms with E-state index in [9.17, 15) is 9.59 Å². The van der Waals surface area contributed by atoms with Gasteiger partial charge in [-0.25, -0.2) is 4.98 Å². The van der Waals surface area contributed by atoms with E-state index in [-0.39, 0.29) is 25.0 Å². The maximum absolute atomic E-state index is 12.4. The van der Waals surface area contributed by atoms with Gasteiger partial charge in [0, 0.05) is 16.5 Å². The van der Waals surface area contributed by atoms with Crippen LogP contribution in [0.4, 0.5) is 5.69 Å². The van der Waals surface area contributed by atoms with E-state index in [1.54, 1.807) is 11.3 Å². The number of ether oxygens (including phenoxy) is 2. The zero-order chi connectivity index (χ0) is 21.1. The third-order valence-electron chi connectivity index (χ3n) is 4.59. The highest BCUT2D eigenvalue weighted by Crippen LogP contribution is 2.37. The minimum absolute atomic E-state index is 0.0985. The summed E-state index contributed by atoms with van der Waals surface area (Å²) in [4.78, 5) is 30.8. The summed E-state index contributed by atoms with van der Waals surface area (Å²) in [5, 5.41) is 2.90. The molecule has 30 heavy (non-hydrogen) atoms. The van der Waals surface area contributed by atoms with Gasteiger partial charge in [0.05, 0.1) is 18.0 Å². The fraction of sp³-hybridized carbons (Fsp3) is 0.261. The molecular weight excluding hydrogens is 400 g/mol. The van der Waals surface area contributed by atoms with Crippen LogP contribution < -0.4 is 9.64 Å². The highest BCUT2D eigenvalue weighted by molar-refractivity contribution is 7.13. The number of thiazole rings is 1. The first-order valence-electron chi connectivity index (χ1n) is 9.75. The van der Waals surface area contributed by atoms with E-state index in [2.05, 4.69) is 0 Å². The number of esters is 1. The molecule has 0 spiro atoms. The highest BCUT2D eigenvalue weighted by Gasteiger charge is 2.28. The monoisotopic (exact) mass is 422 g/mol. The van der Waals surface area contributed by atoms with Crippen molar-refractivity contribution in [2.24, 2.45) is 5.92 Å². The van der Waals surface area contributed by atoms with Gasteiger partial charge in [-0.15, -0.1) is 11.3 Å². The number of carbonyl (C=O) groups is 2. The molecule has 2 aromatic carbocycles. The van der Waals surface area contributed by atoms with Crippen LogP contribution in [0.5, 0.6) is 5.75 Å². The Labute approximate surface area is 179 Å². The van der Waals surface area contributed by atoms with Crippen molar-refractivity contribution >= 4 is 28.9 Å². The number of carbonyl (C=O) groups excluding carboxylic acids is 2. The van der Waals surface area contributed by atoms with Crippen LogP contribution in [0.2, 0.25) is 0 Å². The topological polar surface area (TPSA) is 68.7 Å². The number of anilines is 1. The zero-order valence-electron chi connectivity index (χ0n) is 16.8. The Morgan fingerprint density at radius 2 is 2.00 bits per heavy atom. The molecule has 0 radical (unpaired) electrons. The lowest BCUT2D eigenvalue weighted by atomic mass is 10.1.